The molecule has 2 heterocycles. The molecule has 12 nitrogen and oxygen atoms in total. The fraction of sp³-hybridized carbons (Fsp3) is 0.265. The SMILES string of the molecule is NC(N)=NCCCC(NC(=O)[C@H](Cc1ccc(F)c(F)c1)NC(=O)Nc1ccc2c(CN3CCCC3)c(-c3ccccc3)n(Cc3ccc(F)cc3)c2c1)C(=O)NCc1ccc(F)cc1. The van der Waals surface area contributed by atoms with Gasteiger partial charge in [0.15, 0.2) is 17.6 Å². The van der Waals surface area contributed by atoms with Crippen molar-refractivity contribution in [3.05, 3.63) is 161 Å². The molecule has 5 aromatic carbocycles. The monoisotopic (exact) mass is 889 g/mol. The quantitative estimate of drug-likeness (QED) is 0.0233. The maximum absolute atomic E-state index is 14.4. The first kappa shape index (κ1) is 45.8. The van der Waals surface area contributed by atoms with Crippen molar-refractivity contribution in [2.24, 2.45) is 16.5 Å². The Hall–Kier alpha value is -7.20. The highest BCUT2D eigenvalue weighted by Gasteiger charge is 2.28. The lowest BCUT2D eigenvalue weighted by Crippen LogP contribution is -2.55. The van der Waals surface area contributed by atoms with Crippen LogP contribution in [0, 0.1) is 23.3 Å². The molecule has 0 aliphatic carbocycles. The summed E-state index contributed by atoms with van der Waals surface area (Å²) in [5, 5.41) is 12.0. The van der Waals surface area contributed by atoms with E-state index in [9.17, 15) is 31.9 Å². The van der Waals surface area contributed by atoms with Crippen molar-refractivity contribution in [2.75, 3.05) is 25.0 Å². The maximum Gasteiger partial charge on any atom is 0.319 e. The van der Waals surface area contributed by atoms with E-state index in [4.69, 9.17) is 11.5 Å². The van der Waals surface area contributed by atoms with Crippen molar-refractivity contribution in [1.82, 2.24) is 25.4 Å². The van der Waals surface area contributed by atoms with Gasteiger partial charge >= 0.3 is 6.03 Å². The van der Waals surface area contributed by atoms with Crippen LogP contribution in [0.15, 0.2) is 120 Å². The smallest absolute Gasteiger partial charge is 0.319 e. The largest absolute Gasteiger partial charge is 0.370 e. The van der Waals surface area contributed by atoms with Crippen LogP contribution in [0.3, 0.4) is 0 Å². The molecule has 1 aromatic heterocycles. The Kier molecular flexibility index (Phi) is 15.1. The minimum absolute atomic E-state index is 0.0303. The van der Waals surface area contributed by atoms with Crippen molar-refractivity contribution >= 4 is 40.4 Å². The molecule has 1 fully saturated rings. The summed E-state index contributed by atoms with van der Waals surface area (Å²) in [6, 6.07) is 27.3. The number of rotatable bonds is 18. The Morgan fingerprint density at radius 3 is 2.05 bits per heavy atom. The number of halogens is 4. The number of carbonyl (C=O) groups is 3. The minimum atomic E-state index is -1.38. The lowest BCUT2D eigenvalue weighted by atomic mass is 10.0. The van der Waals surface area contributed by atoms with Crippen LogP contribution in [0.1, 0.15) is 47.9 Å². The van der Waals surface area contributed by atoms with Crippen molar-refractivity contribution in [2.45, 2.75) is 63.8 Å². The Morgan fingerprint density at radius 1 is 0.692 bits per heavy atom. The first-order chi connectivity index (χ1) is 31.4. The number of anilines is 1. The van der Waals surface area contributed by atoms with Crippen molar-refractivity contribution < 1.29 is 31.9 Å². The third kappa shape index (κ3) is 12.3. The summed E-state index contributed by atoms with van der Waals surface area (Å²) < 4.78 is 58.2. The van der Waals surface area contributed by atoms with E-state index in [-0.39, 0.29) is 49.7 Å². The van der Waals surface area contributed by atoms with Crippen molar-refractivity contribution in [3.8, 4) is 11.3 Å². The summed E-state index contributed by atoms with van der Waals surface area (Å²) in [6.07, 6.45) is 2.32. The number of aliphatic imine (C=N–C) groups is 1. The summed E-state index contributed by atoms with van der Waals surface area (Å²) in [7, 11) is 0. The number of nitrogens with one attached hydrogen (secondary N) is 4. The highest BCUT2D eigenvalue weighted by Crippen LogP contribution is 2.37. The Labute approximate surface area is 374 Å². The molecule has 7 rings (SSSR count). The summed E-state index contributed by atoms with van der Waals surface area (Å²) in [5.41, 5.74) is 17.0. The number of fused-ring (bicyclic) bond motifs is 1. The zero-order valence-corrected chi connectivity index (χ0v) is 35.6. The van der Waals surface area contributed by atoms with E-state index in [2.05, 4.69) is 47.9 Å². The molecule has 1 aliphatic rings. The van der Waals surface area contributed by atoms with Crippen LogP contribution in [0.4, 0.5) is 28.0 Å². The second-order valence-corrected chi connectivity index (χ2v) is 16.1. The van der Waals surface area contributed by atoms with Crippen molar-refractivity contribution in [3.63, 3.8) is 0 Å². The average molecular weight is 890 g/mol. The molecule has 1 unspecified atom stereocenters. The van der Waals surface area contributed by atoms with Crippen LogP contribution in [0.25, 0.3) is 22.2 Å². The van der Waals surface area contributed by atoms with Gasteiger partial charge in [-0.25, -0.2) is 22.4 Å². The summed E-state index contributed by atoms with van der Waals surface area (Å²) in [4.78, 5) is 48.0. The fourth-order valence-electron chi connectivity index (χ4n) is 8.08. The van der Waals surface area contributed by atoms with Gasteiger partial charge < -0.3 is 37.3 Å². The first-order valence-corrected chi connectivity index (χ1v) is 21.5. The summed E-state index contributed by atoms with van der Waals surface area (Å²) in [6.45, 7) is 3.23. The van der Waals surface area contributed by atoms with Gasteiger partial charge in [-0.3, -0.25) is 19.5 Å². The number of benzene rings is 5. The number of hydrogen-bond acceptors (Lipinski definition) is 5. The van der Waals surface area contributed by atoms with Crippen LogP contribution in [-0.2, 0) is 35.6 Å². The molecule has 65 heavy (non-hydrogen) atoms. The highest BCUT2D eigenvalue weighted by molar-refractivity contribution is 5.99. The van der Waals surface area contributed by atoms with Crippen LogP contribution in [0.2, 0.25) is 0 Å². The molecule has 16 heteroatoms. The predicted octanol–water partition coefficient (Wildman–Crippen LogP) is 7.10. The summed E-state index contributed by atoms with van der Waals surface area (Å²) >= 11 is 0. The molecule has 4 amide bonds. The van der Waals surface area contributed by atoms with Gasteiger partial charge in [-0.05, 0) is 115 Å². The maximum atomic E-state index is 14.4. The molecule has 0 saturated carbocycles. The fourth-order valence-corrected chi connectivity index (χ4v) is 8.08. The molecule has 338 valence electrons. The Morgan fingerprint density at radius 2 is 1.37 bits per heavy atom. The van der Waals surface area contributed by atoms with Gasteiger partial charge in [-0.1, -0.05) is 66.7 Å². The van der Waals surface area contributed by atoms with E-state index in [1.807, 2.05) is 30.3 Å². The molecule has 0 bridgehead atoms. The number of nitrogens with two attached hydrogens (primary N) is 2. The molecule has 0 spiro atoms. The predicted molar refractivity (Wildman–Crippen MR) is 243 cm³/mol. The highest BCUT2D eigenvalue weighted by atomic mass is 19.2. The molecular formula is C49H51F4N9O3. The lowest BCUT2D eigenvalue weighted by molar-refractivity contribution is -0.130. The van der Waals surface area contributed by atoms with Gasteiger partial charge in [-0.15, -0.1) is 0 Å². The summed E-state index contributed by atoms with van der Waals surface area (Å²) in [5.74, 6) is -4.51. The van der Waals surface area contributed by atoms with Gasteiger partial charge in [0.1, 0.15) is 23.7 Å². The lowest BCUT2D eigenvalue weighted by Gasteiger charge is -2.23. The number of guanidine groups is 1. The van der Waals surface area contributed by atoms with E-state index in [0.717, 1.165) is 71.4 Å². The number of carbonyl (C=O) groups excluding carboxylic acids is 3. The number of amides is 4. The van der Waals surface area contributed by atoms with Gasteiger partial charge in [0, 0.05) is 43.7 Å². The number of likely N-dealkylation sites (tertiary alicyclic amines) is 1. The normalized spacial score (nSPS) is 13.5. The van der Waals surface area contributed by atoms with Crippen LogP contribution in [0.5, 0.6) is 0 Å². The van der Waals surface area contributed by atoms with Gasteiger partial charge in [0.25, 0.3) is 0 Å². The van der Waals surface area contributed by atoms with Gasteiger partial charge in [0.2, 0.25) is 11.8 Å². The molecule has 1 aliphatic heterocycles. The topological polar surface area (TPSA) is 172 Å². The number of urea groups is 1. The number of hydrogen-bond donors (Lipinski definition) is 6. The first-order valence-electron chi connectivity index (χ1n) is 21.5. The molecule has 0 radical (unpaired) electrons. The van der Waals surface area contributed by atoms with E-state index >= 15 is 0 Å². The zero-order valence-electron chi connectivity index (χ0n) is 35.6. The molecule has 6 aromatic rings. The van der Waals surface area contributed by atoms with Crippen LogP contribution < -0.4 is 32.7 Å². The van der Waals surface area contributed by atoms with Crippen LogP contribution >= 0.6 is 0 Å². The Bertz CT molecular complexity index is 2630. The van der Waals surface area contributed by atoms with Gasteiger partial charge in [0.05, 0.1) is 11.2 Å². The van der Waals surface area contributed by atoms with E-state index in [0.29, 0.717) is 24.3 Å². The number of nitrogens with zero attached hydrogens (tertiary/aromatic N) is 3. The van der Waals surface area contributed by atoms with Crippen molar-refractivity contribution in [1.29, 1.82) is 0 Å². The average Bonchev–Trinajstić information content (AvgIpc) is 3.92. The number of aromatic nitrogens is 1. The van der Waals surface area contributed by atoms with Gasteiger partial charge in [-0.2, -0.15) is 0 Å². The third-order valence-corrected chi connectivity index (χ3v) is 11.3. The minimum Gasteiger partial charge on any atom is -0.370 e. The second-order valence-electron chi connectivity index (χ2n) is 16.1. The van der Waals surface area contributed by atoms with E-state index < -0.39 is 47.4 Å². The molecule has 8 N–H and O–H groups in total. The van der Waals surface area contributed by atoms with E-state index in [1.54, 1.807) is 18.2 Å². The molecular weight excluding hydrogens is 839 g/mol. The Balaban J connectivity index is 1.17. The molecule has 2 atom stereocenters. The molecule has 1 saturated heterocycles. The zero-order chi connectivity index (χ0) is 45.9. The standard InChI is InChI=1S/C49H51F4N9O3/c50-35-15-10-31(11-16-35)28-57-46(63)42(9-6-22-56-48(54)55)59-47(64)43(26-33-14-21-40(52)41(53)25-33)60-49(65)58-37-19-20-38-39(30-61-23-4-5-24-61)45(34-7-2-1-3-8-34)62(44(38)27-37)29-32-12-17-36(51)18-13-32/h1-3,7-8,10-21,25,27,42-43H,4-6,9,22-24,26,28-30H2,(H,57,63)(H,59,64)(H4,54,55,56)(H2,58,60,65)/t42?,43-/m0/s1. The second kappa shape index (κ2) is 21.5. The van der Waals surface area contributed by atoms with E-state index in [1.165, 1.54) is 42.5 Å². The van der Waals surface area contributed by atoms with Crippen LogP contribution in [-0.4, -0.2) is 65.0 Å². The third-order valence-electron chi connectivity index (χ3n) is 11.3.